The molecule has 1 saturated heterocycles. The zero-order valence-electron chi connectivity index (χ0n) is 19.2. The summed E-state index contributed by atoms with van der Waals surface area (Å²) in [6.07, 6.45) is 3.46. The van der Waals surface area contributed by atoms with Crippen LogP contribution >= 0.6 is 0 Å². The monoisotopic (exact) mass is 459 g/mol. The average Bonchev–Trinajstić information content (AvgIpc) is 3.31. The number of carbonyl (C=O) groups excluding carboxylic acids is 1. The van der Waals surface area contributed by atoms with Gasteiger partial charge in [0, 0.05) is 26.2 Å². The first kappa shape index (κ1) is 23.3. The van der Waals surface area contributed by atoms with Crippen LogP contribution in [0.2, 0.25) is 0 Å². The summed E-state index contributed by atoms with van der Waals surface area (Å²) in [5, 5.41) is 10.9. The molecule has 9 heteroatoms. The molecular formula is C25H29N7O2. The number of amides is 2. The summed E-state index contributed by atoms with van der Waals surface area (Å²) in [6, 6.07) is 19.2. The normalized spacial score (nSPS) is 17.2. The van der Waals surface area contributed by atoms with Crippen LogP contribution in [0.4, 0.5) is 10.6 Å². The minimum Gasteiger partial charge on any atom is -0.372 e. The van der Waals surface area contributed by atoms with Gasteiger partial charge in [0.2, 0.25) is 0 Å². The number of imidazole rings is 1. The summed E-state index contributed by atoms with van der Waals surface area (Å²) in [4.78, 5) is 18.3. The van der Waals surface area contributed by atoms with Gasteiger partial charge < -0.3 is 19.9 Å². The first-order valence-electron chi connectivity index (χ1n) is 11.3. The van der Waals surface area contributed by atoms with Gasteiger partial charge in [-0.1, -0.05) is 42.5 Å². The molecule has 0 spiro atoms. The van der Waals surface area contributed by atoms with E-state index in [1.54, 1.807) is 0 Å². The van der Waals surface area contributed by atoms with Crippen molar-refractivity contribution in [2.24, 2.45) is 5.73 Å². The molecular weight excluding hydrogens is 430 g/mol. The van der Waals surface area contributed by atoms with Gasteiger partial charge in [0.25, 0.3) is 0 Å². The number of ether oxygens (including phenoxy) is 1. The molecule has 9 nitrogen and oxygen atoms in total. The quantitative estimate of drug-likeness (QED) is 0.536. The number of nitrogens with one attached hydrogen (secondary N) is 1. The van der Waals surface area contributed by atoms with E-state index in [-0.39, 0.29) is 12.1 Å². The molecule has 1 aliphatic heterocycles. The van der Waals surface area contributed by atoms with E-state index in [0.29, 0.717) is 38.3 Å². The molecule has 0 bridgehead atoms. The number of benzene rings is 2. The van der Waals surface area contributed by atoms with Gasteiger partial charge in [-0.3, -0.25) is 5.43 Å². The van der Waals surface area contributed by atoms with Crippen molar-refractivity contribution in [1.82, 2.24) is 20.0 Å². The van der Waals surface area contributed by atoms with Gasteiger partial charge in [-0.2, -0.15) is 5.26 Å². The van der Waals surface area contributed by atoms with Gasteiger partial charge >= 0.3 is 6.03 Å². The third-order valence-corrected chi connectivity index (χ3v) is 5.93. The van der Waals surface area contributed by atoms with Gasteiger partial charge in [-0.15, -0.1) is 0 Å². The number of aromatic nitrogens is 2. The highest BCUT2D eigenvalue weighted by atomic mass is 16.5. The lowest BCUT2D eigenvalue weighted by Gasteiger charge is -2.45. The fourth-order valence-corrected chi connectivity index (χ4v) is 4.42. The molecule has 2 heterocycles. The van der Waals surface area contributed by atoms with E-state index in [0.717, 1.165) is 16.9 Å². The Hall–Kier alpha value is -3.87. The van der Waals surface area contributed by atoms with E-state index in [1.165, 1.54) is 0 Å². The molecule has 2 atom stereocenters. The van der Waals surface area contributed by atoms with E-state index in [2.05, 4.69) is 38.1 Å². The number of nitrogens with two attached hydrogens (primary N) is 1. The Balaban J connectivity index is 1.65. The number of nitrogens with zero attached hydrogens (tertiary/aromatic N) is 5. The number of hydrogen-bond acceptors (Lipinski definition) is 6. The Labute approximate surface area is 199 Å². The molecule has 2 unspecified atom stereocenters. The van der Waals surface area contributed by atoms with Gasteiger partial charge in [-0.05, 0) is 30.2 Å². The minimum atomic E-state index is -0.578. The lowest BCUT2D eigenvalue weighted by atomic mass is 9.98. The van der Waals surface area contributed by atoms with Gasteiger partial charge in [0.05, 0.1) is 36.7 Å². The highest BCUT2D eigenvalue weighted by molar-refractivity contribution is 5.71. The molecule has 176 valence electrons. The molecule has 4 rings (SSSR count). The Kier molecular flexibility index (Phi) is 7.42. The Morgan fingerprint density at radius 1 is 1.24 bits per heavy atom. The Bertz CT molecular complexity index is 1120. The van der Waals surface area contributed by atoms with E-state index in [9.17, 15) is 4.79 Å². The SMILES string of the molecule is CCOC(c1ccccc1)C1CN(NC(N)=O)CCN1c1cncn1Cc1ccc(C#N)cc1. The molecule has 2 aromatic carbocycles. The Morgan fingerprint density at radius 2 is 2.00 bits per heavy atom. The number of anilines is 1. The topological polar surface area (TPSA) is 112 Å². The smallest absolute Gasteiger partial charge is 0.326 e. The minimum absolute atomic E-state index is 0.0978. The van der Waals surface area contributed by atoms with Crippen molar-refractivity contribution in [3.05, 3.63) is 83.8 Å². The van der Waals surface area contributed by atoms with E-state index in [1.807, 2.05) is 66.9 Å². The zero-order chi connectivity index (χ0) is 23.9. The first-order chi connectivity index (χ1) is 16.6. The second-order valence-electron chi connectivity index (χ2n) is 8.16. The molecule has 3 aromatic rings. The molecule has 2 amide bonds. The maximum Gasteiger partial charge on any atom is 0.326 e. The van der Waals surface area contributed by atoms with Crippen molar-refractivity contribution >= 4 is 11.8 Å². The van der Waals surface area contributed by atoms with Crippen LogP contribution < -0.4 is 16.1 Å². The summed E-state index contributed by atoms with van der Waals surface area (Å²) in [7, 11) is 0. The lowest BCUT2D eigenvalue weighted by Crippen LogP contribution is -2.61. The van der Waals surface area contributed by atoms with Crippen molar-refractivity contribution in [3.63, 3.8) is 0 Å². The zero-order valence-corrected chi connectivity index (χ0v) is 19.2. The number of carbonyl (C=O) groups is 1. The summed E-state index contributed by atoms with van der Waals surface area (Å²) >= 11 is 0. The highest BCUT2D eigenvalue weighted by Crippen LogP contribution is 2.31. The number of hydrogen-bond donors (Lipinski definition) is 2. The fourth-order valence-electron chi connectivity index (χ4n) is 4.42. The summed E-state index contributed by atoms with van der Waals surface area (Å²) in [5.41, 5.74) is 10.9. The molecule has 0 saturated carbocycles. The van der Waals surface area contributed by atoms with Crippen LogP contribution in [0.3, 0.4) is 0 Å². The maximum atomic E-state index is 11.5. The number of rotatable bonds is 8. The molecule has 0 radical (unpaired) electrons. The van der Waals surface area contributed by atoms with Crippen LogP contribution in [-0.2, 0) is 11.3 Å². The van der Waals surface area contributed by atoms with Gasteiger partial charge in [-0.25, -0.2) is 14.8 Å². The predicted octanol–water partition coefficient (Wildman–Crippen LogP) is 2.65. The van der Waals surface area contributed by atoms with Crippen LogP contribution in [0.1, 0.15) is 29.7 Å². The number of nitriles is 1. The number of primary amides is 1. The van der Waals surface area contributed by atoms with E-state index >= 15 is 0 Å². The summed E-state index contributed by atoms with van der Waals surface area (Å²) < 4.78 is 8.36. The van der Waals surface area contributed by atoms with Crippen molar-refractivity contribution in [2.75, 3.05) is 31.1 Å². The third-order valence-electron chi connectivity index (χ3n) is 5.93. The number of urea groups is 1. The average molecular weight is 460 g/mol. The van der Waals surface area contributed by atoms with Gasteiger partial charge in [0.1, 0.15) is 11.9 Å². The van der Waals surface area contributed by atoms with Crippen LogP contribution in [0.15, 0.2) is 67.1 Å². The first-order valence-corrected chi connectivity index (χ1v) is 11.3. The molecule has 0 aliphatic carbocycles. The maximum absolute atomic E-state index is 11.5. The van der Waals surface area contributed by atoms with Crippen LogP contribution in [0.25, 0.3) is 0 Å². The van der Waals surface area contributed by atoms with Crippen molar-refractivity contribution < 1.29 is 9.53 Å². The second kappa shape index (κ2) is 10.8. The third kappa shape index (κ3) is 5.36. The molecule has 1 fully saturated rings. The summed E-state index contributed by atoms with van der Waals surface area (Å²) in [6.45, 7) is 4.95. The van der Waals surface area contributed by atoms with E-state index < -0.39 is 6.03 Å². The van der Waals surface area contributed by atoms with Crippen LogP contribution in [-0.4, -0.2) is 52.9 Å². The van der Waals surface area contributed by atoms with Crippen molar-refractivity contribution in [3.8, 4) is 6.07 Å². The number of hydrazine groups is 1. The van der Waals surface area contributed by atoms with Crippen molar-refractivity contribution in [2.45, 2.75) is 25.6 Å². The standard InChI is InChI=1S/C25H29N7O2/c1-2-34-24(21-6-4-3-5-7-21)22-17-31(29-25(27)33)12-13-32(22)23-15-28-18-30(23)16-20-10-8-19(14-26)9-11-20/h3-11,15,18,22,24H,2,12-13,16-17H2,1H3,(H3,27,29,33). The number of piperazine rings is 1. The van der Waals surface area contributed by atoms with Crippen LogP contribution in [0, 0.1) is 11.3 Å². The fraction of sp³-hybridized carbons (Fsp3) is 0.320. The van der Waals surface area contributed by atoms with Crippen molar-refractivity contribution in [1.29, 1.82) is 5.26 Å². The summed E-state index contributed by atoms with van der Waals surface area (Å²) in [5.74, 6) is 0.966. The molecule has 34 heavy (non-hydrogen) atoms. The Morgan fingerprint density at radius 3 is 2.68 bits per heavy atom. The van der Waals surface area contributed by atoms with Crippen LogP contribution in [0.5, 0.6) is 0 Å². The molecule has 1 aromatic heterocycles. The molecule has 1 aliphatic rings. The lowest BCUT2D eigenvalue weighted by molar-refractivity contribution is 0.0168. The largest absolute Gasteiger partial charge is 0.372 e. The van der Waals surface area contributed by atoms with E-state index in [4.69, 9.17) is 15.7 Å². The molecule has 3 N–H and O–H groups in total. The second-order valence-corrected chi connectivity index (χ2v) is 8.16. The van der Waals surface area contributed by atoms with Gasteiger partial charge in [0.15, 0.2) is 0 Å². The predicted molar refractivity (Wildman–Crippen MR) is 129 cm³/mol. The highest BCUT2D eigenvalue weighted by Gasteiger charge is 2.36.